The molecule has 0 saturated carbocycles. The summed E-state index contributed by atoms with van der Waals surface area (Å²) in [4.78, 5) is 14.3. The Morgan fingerprint density at radius 3 is 2.68 bits per heavy atom. The van der Waals surface area contributed by atoms with E-state index < -0.39 is 0 Å². The van der Waals surface area contributed by atoms with Crippen molar-refractivity contribution in [1.29, 1.82) is 0 Å². The second-order valence-corrected chi connectivity index (χ2v) is 8.95. The van der Waals surface area contributed by atoms with Crippen LogP contribution < -0.4 is 20.3 Å². The molecule has 1 N–H and O–H groups in total. The fourth-order valence-electron chi connectivity index (χ4n) is 3.80. The maximum absolute atomic E-state index is 13.3. The zero-order chi connectivity index (χ0) is 21.4. The SMILES string of the molecule is COc1cc(-n2ccc3cc(-c4ccc(Cl)cc4)sc3c2=O)ccc1OC1CCNC1. The van der Waals surface area contributed by atoms with E-state index in [-0.39, 0.29) is 11.7 Å². The van der Waals surface area contributed by atoms with E-state index in [0.29, 0.717) is 21.2 Å². The normalized spacial score (nSPS) is 16.0. The Balaban J connectivity index is 1.51. The lowest BCUT2D eigenvalue weighted by atomic mass is 10.2. The van der Waals surface area contributed by atoms with Crippen molar-refractivity contribution in [3.63, 3.8) is 0 Å². The van der Waals surface area contributed by atoms with Gasteiger partial charge >= 0.3 is 0 Å². The van der Waals surface area contributed by atoms with Crippen molar-refractivity contribution in [3.05, 3.63) is 76.2 Å². The van der Waals surface area contributed by atoms with Crippen molar-refractivity contribution in [2.24, 2.45) is 0 Å². The lowest BCUT2D eigenvalue weighted by Gasteiger charge is -2.16. The van der Waals surface area contributed by atoms with Crippen LogP contribution in [0.2, 0.25) is 5.02 Å². The van der Waals surface area contributed by atoms with Crippen molar-refractivity contribution < 1.29 is 9.47 Å². The molecule has 1 fully saturated rings. The summed E-state index contributed by atoms with van der Waals surface area (Å²) < 4.78 is 14.0. The number of benzene rings is 2. The van der Waals surface area contributed by atoms with Crippen LogP contribution in [-0.2, 0) is 0 Å². The highest BCUT2D eigenvalue weighted by Gasteiger charge is 2.19. The Morgan fingerprint density at radius 1 is 1.10 bits per heavy atom. The summed E-state index contributed by atoms with van der Waals surface area (Å²) >= 11 is 7.49. The lowest BCUT2D eigenvalue weighted by Crippen LogP contribution is -2.20. The quantitative estimate of drug-likeness (QED) is 0.456. The van der Waals surface area contributed by atoms with Crippen LogP contribution in [0.4, 0.5) is 0 Å². The minimum Gasteiger partial charge on any atom is -0.493 e. The third-order valence-electron chi connectivity index (χ3n) is 5.44. The summed E-state index contributed by atoms with van der Waals surface area (Å²) in [6.45, 7) is 1.79. The molecule has 1 unspecified atom stereocenters. The smallest absolute Gasteiger partial charge is 0.273 e. The van der Waals surface area contributed by atoms with Crippen LogP contribution in [0.3, 0.4) is 0 Å². The van der Waals surface area contributed by atoms with Crippen molar-refractivity contribution in [3.8, 4) is 27.6 Å². The number of halogens is 1. The van der Waals surface area contributed by atoms with E-state index in [1.165, 1.54) is 11.3 Å². The molecule has 0 amide bonds. The highest BCUT2D eigenvalue weighted by Crippen LogP contribution is 2.34. The largest absolute Gasteiger partial charge is 0.493 e. The van der Waals surface area contributed by atoms with E-state index in [0.717, 1.165) is 41.0 Å². The number of aromatic nitrogens is 1. The van der Waals surface area contributed by atoms with Crippen LogP contribution in [0, 0.1) is 0 Å². The van der Waals surface area contributed by atoms with Crippen LogP contribution in [0.25, 0.3) is 26.2 Å². The summed E-state index contributed by atoms with van der Waals surface area (Å²) in [5.41, 5.74) is 1.72. The number of nitrogens with zero attached hydrogens (tertiary/aromatic N) is 1. The van der Waals surface area contributed by atoms with Crippen LogP contribution in [0.1, 0.15) is 6.42 Å². The summed E-state index contributed by atoms with van der Waals surface area (Å²) in [6.07, 6.45) is 2.91. The first-order chi connectivity index (χ1) is 15.1. The second kappa shape index (κ2) is 8.38. The average Bonchev–Trinajstić information content (AvgIpc) is 3.45. The highest BCUT2D eigenvalue weighted by atomic mass is 35.5. The Bertz CT molecular complexity index is 1290. The number of hydrogen-bond donors (Lipinski definition) is 1. The molecule has 1 saturated heterocycles. The molecule has 0 bridgehead atoms. The molecule has 2 aromatic heterocycles. The molecule has 7 heteroatoms. The molecular formula is C24H21ClN2O3S. The van der Waals surface area contributed by atoms with E-state index >= 15 is 0 Å². The highest BCUT2D eigenvalue weighted by molar-refractivity contribution is 7.22. The fraction of sp³-hybridized carbons (Fsp3) is 0.208. The summed E-state index contributed by atoms with van der Waals surface area (Å²) in [5, 5.41) is 4.91. The van der Waals surface area contributed by atoms with E-state index in [4.69, 9.17) is 21.1 Å². The number of nitrogens with one attached hydrogen (secondary N) is 1. The molecule has 31 heavy (non-hydrogen) atoms. The van der Waals surface area contributed by atoms with Gasteiger partial charge in [0.15, 0.2) is 11.5 Å². The number of methoxy groups -OCH3 is 1. The van der Waals surface area contributed by atoms with Gasteiger partial charge in [-0.05, 0) is 54.9 Å². The predicted molar refractivity (Wildman–Crippen MR) is 126 cm³/mol. The Morgan fingerprint density at radius 2 is 1.94 bits per heavy atom. The molecule has 0 aliphatic carbocycles. The van der Waals surface area contributed by atoms with Gasteiger partial charge < -0.3 is 14.8 Å². The average molecular weight is 453 g/mol. The molecule has 1 aliphatic heterocycles. The topological polar surface area (TPSA) is 52.5 Å². The van der Waals surface area contributed by atoms with Gasteiger partial charge in [-0.25, -0.2) is 0 Å². The minimum atomic E-state index is -0.0570. The van der Waals surface area contributed by atoms with Gasteiger partial charge in [-0.1, -0.05) is 23.7 Å². The molecule has 1 aliphatic rings. The maximum atomic E-state index is 13.3. The van der Waals surface area contributed by atoms with E-state index in [9.17, 15) is 4.79 Å². The minimum absolute atomic E-state index is 0.0570. The molecule has 0 radical (unpaired) electrons. The van der Waals surface area contributed by atoms with Crippen molar-refractivity contribution in [2.45, 2.75) is 12.5 Å². The summed E-state index contributed by atoms with van der Waals surface area (Å²) in [7, 11) is 1.61. The first kappa shape index (κ1) is 20.1. The van der Waals surface area contributed by atoms with E-state index in [1.807, 2.05) is 54.6 Å². The summed E-state index contributed by atoms with van der Waals surface area (Å²) in [6, 6.07) is 17.3. The molecule has 0 spiro atoms. The van der Waals surface area contributed by atoms with Crippen molar-refractivity contribution >= 4 is 33.0 Å². The first-order valence-corrected chi connectivity index (χ1v) is 11.3. The maximum Gasteiger partial charge on any atom is 0.273 e. The van der Waals surface area contributed by atoms with Crippen LogP contribution in [0.5, 0.6) is 11.5 Å². The first-order valence-electron chi connectivity index (χ1n) is 10.1. The Kier molecular flexibility index (Phi) is 5.44. The second-order valence-electron chi connectivity index (χ2n) is 7.46. The van der Waals surface area contributed by atoms with Gasteiger partial charge in [0, 0.05) is 34.1 Å². The molecule has 2 aromatic carbocycles. The molecule has 158 valence electrons. The Hall–Kier alpha value is -2.80. The number of pyridine rings is 1. The number of hydrogen-bond acceptors (Lipinski definition) is 5. The van der Waals surface area contributed by atoms with Gasteiger partial charge in [0.25, 0.3) is 5.56 Å². The number of ether oxygens (including phenoxy) is 2. The number of rotatable bonds is 5. The zero-order valence-electron chi connectivity index (χ0n) is 16.9. The van der Waals surface area contributed by atoms with Crippen molar-refractivity contribution in [1.82, 2.24) is 9.88 Å². The van der Waals surface area contributed by atoms with Crippen LogP contribution in [-0.4, -0.2) is 30.9 Å². The van der Waals surface area contributed by atoms with E-state index in [1.54, 1.807) is 17.9 Å². The molecule has 3 heterocycles. The fourth-order valence-corrected chi connectivity index (χ4v) is 5.02. The monoisotopic (exact) mass is 452 g/mol. The van der Waals surface area contributed by atoms with Gasteiger partial charge in [0.1, 0.15) is 10.8 Å². The third kappa shape index (κ3) is 3.94. The van der Waals surface area contributed by atoms with E-state index in [2.05, 4.69) is 5.32 Å². The predicted octanol–water partition coefficient (Wildman–Crippen LogP) is 5.12. The van der Waals surface area contributed by atoms with Gasteiger partial charge in [-0.3, -0.25) is 9.36 Å². The van der Waals surface area contributed by atoms with Crippen molar-refractivity contribution in [2.75, 3.05) is 20.2 Å². The molecule has 4 aromatic rings. The molecular weight excluding hydrogens is 432 g/mol. The molecule has 1 atom stereocenters. The summed E-state index contributed by atoms with van der Waals surface area (Å²) in [5.74, 6) is 1.31. The van der Waals surface area contributed by atoms with Crippen LogP contribution in [0.15, 0.2) is 65.6 Å². The Labute approximate surface area is 188 Å². The van der Waals surface area contributed by atoms with Gasteiger partial charge in [0.2, 0.25) is 0 Å². The number of fused-ring (bicyclic) bond motifs is 1. The third-order valence-corrected chi connectivity index (χ3v) is 6.88. The van der Waals surface area contributed by atoms with Gasteiger partial charge in [-0.15, -0.1) is 11.3 Å². The lowest BCUT2D eigenvalue weighted by molar-refractivity contribution is 0.213. The number of thiophene rings is 1. The standard InChI is InChI=1S/C24H21ClN2O3S/c1-29-21-13-18(6-7-20(21)30-19-8-10-26-14-19)27-11-9-16-12-22(31-23(16)24(27)28)15-2-4-17(25)5-3-15/h2-7,9,11-13,19,26H,8,10,14H2,1H3. The zero-order valence-corrected chi connectivity index (χ0v) is 18.5. The molecule has 5 rings (SSSR count). The van der Waals surface area contributed by atoms with Gasteiger partial charge in [0.05, 0.1) is 12.8 Å². The van der Waals surface area contributed by atoms with Crippen LogP contribution >= 0.6 is 22.9 Å². The van der Waals surface area contributed by atoms with Gasteiger partial charge in [-0.2, -0.15) is 0 Å². The molecule has 5 nitrogen and oxygen atoms in total.